The summed E-state index contributed by atoms with van der Waals surface area (Å²) >= 11 is 1.49. The highest BCUT2D eigenvalue weighted by Gasteiger charge is 2.27. The highest BCUT2D eigenvalue weighted by Crippen LogP contribution is 2.26. The largest absolute Gasteiger partial charge is 0.355 e. The van der Waals surface area contributed by atoms with E-state index >= 15 is 0 Å². The smallest absolute Gasteiger partial charge is 0.256 e. The number of aromatic nitrogens is 1. The molecule has 2 amide bonds. The van der Waals surface area contributed by atoms with Gasteiger partial charge in [-0.1, -0.05) is 60.7 Å². The number of hydrogen-bond acceptors (Lipinski definition) is 4. The number of likely N-dealkylation sites (tertiary alicyclic amines) is 1. The number of piperidine rings is 1. The Bertz CT molecular complexity index is 1030. The SMILES string of the molecule is CSc1ncccc1C(=O)N1CCC(CNC(=O)C(c2ccccc2)c2ccccc2)CC1. The number of thioether (sulfide) groups is 1. The van der Waals surface area contributed by atoms with Crippen LogP contribution in [0, 0.1) is 5.92 Å². The maximum Gasteiger partial charge on any atom is 0.256 e. The molecule has 1 aromatic heterocycles. The van der Waals surface area contributed by atoms with Gasteiger partial charge in [0.05, 0.1) is 11.5 Å². The van der Waals surface area contributed by atoms with Crippen molar-refractivity contribution in [3.63, 3.8) is 0 Å². The van der Waals surface area contributed by atoms with E-state index < -0.39 is 0 Å². The Balaban J connectivity index is 1.35. The number of amides is 2. The fourth-order valence-electron chi connectivity index (χ4n) is 4.36. The Morgan fingerprint density at radius 2 is 1.58 bits per heavy atom. The third kappa shape index (κ3) is 5.63. The van der Waals surface area contributed by atoms with Crippen molar-refractivity contribution >= 4 is 23.6 Å². The molecule has 1 saturated heterocycles. The summed E-state index contributed by atoms with van der Waals surface area (Å²) in [6, 6.07) is 23.5. The van der Waals surface area contributed by atoms with Gasteiger partial charge in [0.15, 0.2) is 0 Å². The van der Waals surface area contributed by atoms with Gasteiger partial charge in [0, 0.05) is 25.8 Å². The lowest BCUT2D eigenvalue weighted by Crippen LogP contribution is -2.42. The van der Waals surface area contributed by atoms with Crippen molar-refractivity contribution < 1.29 is 9.59 Å². The van der Waals surface area contributed by atoms with E-state index in [2.05, 4.69) is 10.3 Å². The lowest BCUT2D eigenvalue weighted by Gasteiger charge is -2.32. The van der Waals surface area contributed by atoms with E-state index in [-0.39, 0.29) is 17.7 Å². The Morgan fingerprint density at radius 1 is 0.970 bits per heavy atom. The Hall–Kier alpha value is -3.12. The summed E-state index contributed by atoms with van der Waals surface area (Å²) in [5.74, 6) is 0.0951. The molecule has 0 unspecified atom stereocenters. The van der Waals surface area contributed by atoms with E-state index in [1.807, 2.05) is 84.0 Å². The molecule has 33 heavy (non-hydrogen) atoms. The summed E-state index contributed by atoms with van der Waals surface area (Å²) in [7, 11) is 0. The van der Waals surface area contributed by atoms with Crippen LogP contribution in [0.4, 0.5) is 0 Å². The van der Waals surface area contributed by atoms with Crippen LogP contribution in [0.3, 0.4) is 0 Å². The molecule has 0 bridgehead atoms. The highest BCUT2D eigenvalue weighted by atomic mass is 32.2. The summed E-state index contributed by atoms with van der Waals surface area (Å²) in [6.07, 6.45) is 5.41. The number of rotatable bonds is 7. The van der Waals surface area contributed by atoms with Gasteiger partial charge in [-0.3, -0.25) is 9.59 Å². The normalized spacial score (nSPS) is 14.3. The van der Waals surface area contributed by atoms with Crippen LogP contribution in [0.2, 0.25) is 0 Å². The molecule has 1 N–H and O–H groups in total. The fraction of sp³-hybridized carbons (Fsp3) is 0.296. The van der Waals surface area contributed by atoms with Gasteiger partial charge in [-0.25, -0.2) is 4.98 Å². The molecule has 0 saturated carbocycles. The van der Waals surface area contributed by atoms with Crippen molar-refractivity contribution in [1.29, 1.82) is 0 Å². The zero-order valence-electron chi connectivity index (χ0n) is 18.8. The quantitative estimate of drug-likeness (QED) is 0.525. The number of hydrogen-bond donors (Lipinski definition) is 1. The first-order valence-corrected chi connectivity index (χ1v) is 12.6. The summed E-state index contributed by atoms with van der Waals surface area (Å²) in [6.45, 7) is 2.02. The number of nitrogens with one attached hydrogen (secondary N) is 1. The molecule has 4 rings (SSSR count). The molecule has 0 radical (unpaired) electrons. The van der Waals surface area contributed by atoms with Gasteiger partial charge >= 0.3 is 0 Å². The van der Waals surface area contributed by atoms with Crippen molar-refractivity contribution in [2.45, 2.75) is 23.8 Å². The second-order valence-corrected chi connectivity index (χ2v) is 9.09. The van der Waals surface area contributed by atoms with Crippen LogP contribution in [0.1, 0.15) is 40.2 Å². The van der Waals surface area contributed by atoms with E-state index in [0.717, 1.165) is 29.0 Å². The standard InChI is InChI=1S/C27H29N3O2S/c1-33-26-23(13-8-16-28-26)27(32)30-17-14-20(15-18-30)19-29-25(31)24(21-9-4-2-5-10-21)22-11-6-3-7-12-22/h2-13,16,20,24H,14-15,17-19H2,1H3,(H,29,31). The number of pyridine rings is 1. The van der Waals surface area contributed by atoms with Crippen molar-refractivity contribution in [1.82, 2.24) is 15.2 Å². The van der Waals surface area contributed by atoms with Gasteiger partial charge in [-0.05, 0) is 48.3 Å². The molecule has 3 aromatic rings. The topological polar surface area (TPSA) is 62.3 Å². The van der Waals surface area contributed by atoms with Crippen molar-refractivity contribution in [2.75, 3.05) is 25.9 Å². The summed E-state index contributed by atoms with van der Waals surface area (Å²) in [5.41, 5.74) is 2.65. The third-order valence-electron chi connectivity index (χ3n) is 6.19. The molecule has 2 heterocycles. The lowest BCUT2D eigenvalue weighted by molar-refractivity contribution is -0.122. The van der Waals surface area contributed by atoms with Crippen LogP contribution >= 0.6 is 11.8 Å². The van der Waals surface area contributed by atoms with Gasteiger partial charge in [0.2, 0.25) is 5.91 Å². The molecule has 2 aromatic carbocycles. The van der Waals surface area contributed by atoms with Crippen LogP contribution in [-0.2, 0) is 4.79 Å². The molecular weight excluding hydrogens is 430 g/mol. The molecule has 6 heteroatoms. The van der Waals surface area contributed by atoms with Gasteiger partial charge in [0.1, 0.15) is 5.03 Å². The van der Waals surface area contributed by atoms with Gasteiger partial charge < -0.3 is 10.2 Å². The van der Waals surface area contributed by atoms with Gasteiger partial charge in [-0.15, -0.1) is 11.8 Å². The molecule has 1 fully saturated rings. The Morgan fingerprint density at radius 3 is 2.15 bits per heavy atom. The molecular formula is C27H29N3O2S. The highest BCUT2D eigenvalue weighted by molar-refractivity contribution is 7.98. The van der Waals surface area contributed by atoms with E-state index in [9.17, 15) is 9.59 Å². The summed E-state index contributed by atoms with van der Waals surface area (Å²) in [5, 5.41) is 3.96. The zero-order chi connectivity index (χ0) is 23.0. The van der Waals surface area contributed by atoms with Crippen LogP contribution in [0.15, 0.2) is 84.0 Å². The van der Waals surface area contributed by atoms with Gasteiger partial charge in [-0.2, -0.15) is 0 Å². The van der Waals surface area contributed by atoms with Crippen LogP contribution in [-0.4, -0.2) is 47.6 Å². The fourth-order valence-corrected chi connectivity index (χ4v) is 4.90. The number of carbonyl (C=O) groups excluding carboxylic acids is 2. The van der Waals surface area contributed by atoms with E-state index in [4.69, 9.17) is 0 Å². The molecule has 5 nitrogen and oxygen atoms in total. The number of carbonyl (C=O) groups is 2. The average molecular weight is 460 g/mol. The van der Waals surface area contributed by atoms with Crippen LogP contribution < -0.4 is 5.32 Å². The van der Waals surface area contributed by atoms with E-state index in [1.165, 1.54) is 11.8 Å². The van der Waals surface area contributed by atoms with Gasteiger partial charge in [0.25, 0.3) is 5.91 Å². The third-order valence-corrected chi connectivity index (χ3v) is 6.90. The second-order valence-electron chi connectivity index (χ2n) is 8.30. The second kappa shape index (κ2) is 11.1. The first kappa shape index (κ1) is 23.1. The predicted octanol–water partition coefficient (Wildman–Crippen LogP) is 4.60. The minimum atomic E-state index is -0.329. The van der Waals surface area contributed by atoms with Crippen molar-refractivity contribution in [3.05, 3.63) is 95.7 Å². The molecule has 0 aliphatic carbocycles. The van der Waals surface area contributed by atoms with Crippen LogP contribution in [0.5, 0.6) is 0 Å². The Kier molecular flexibility index (Phi) is 7.79. The number of benzene rings is 2. The maximum absolute atomic E-state index is 13.2. The maximum atomic E-state index is 13.2. The lowest BCUT2D eigenvalue weighted by atomic mass is 9.90. The zero-order valence-corrected chi connectivity index (χ0v) is 19.6. The predicted molar refractivity (Wildman–Crippen MR) is 132 cm³/mol. The molecule has 170 valence electrons. The molecule has 0 spiro atoms. The van der Waals surface area contributed by atoms with E-state index in [0.29, 0.717) is 31.1 Å². The molecule has 0 atom stereocenters. The summed E-state index contributed by atoms with van der Waals surface area (Å²) in [4.78, 5) is 32.4. The Labute approximate surface area is 199 Å². The first-order chi connectivity index (χ1) is 16.2. The van der Waals surface area contributed by atoms with Crippen molar-refractivity contribution in [3.8, 4) is 0 Å². The first-order valence-electron chi connectivity index (χ1n) is 11.3. The minimum Gasteiger partial charge on any atom is -0.355 e. The molecule has 1 aliphatic rings. The van der Waals surface area contributed by atoms with Crippen LogP contribution in [0.25, 0.3) is 0 Å². The average Bonchev–Trinajstić information content (AvgIpc) is 2.89. The number of nitrogens with zero attached hydrogens (tertiary/aromatic N) is 2. The van der Waals surface area contributed by atoms with Crippen molar-refractivity contribution in [2.24, 2.45) is 5.92 Å². The monoisotopic (exact) mass is 459 g/mol. The minimum absolute atomic E-state index is 0.0193. The summed E-state index contributed by atoms with van der Waals surface area (Å²) < 4.78 is 0. The molecule has 1 aliphatic heterocycles. The van der Waals surface area contributed by atoms with E-state index in [1.54, 1.807) is 6.20 Å².